The van der Waals surface area contributed by atoms with Crippen LogP contribution in [0.25, 0.3) is 0 Å². The highest BCUT2D eigenvalue weighted by atomic mass is 32.2. The van der Waals surface area contributed by atoms with E-state index in [1.807, 2.05) is 0 Å². The Bertz CT molecular complexity index is 978. The summed E-state index contributed by atoms with van der Waals surface area (Å²) in [4.78, 5) is 15.0. The lowest BCUT2D eigenvalue weighted by Crippen LogP contribution is -2.14. The average molecular weight is 397 g/mol. The third-order valence-electron chi connectivity index (χ3n) is 3.93. The van der Waals surface area contributed by atoms with E-state index in [0.29, 0.717) is 30.2 Å². The van der Waals surface area contributed by atoms with Crippen molar-refractivity contribution < 1.29 is 23.4 Å². The van der Waals surface area contributed by atoms with E-state index in [0.717, 1.165) is 5.56 Å². The van der Waals surface area contributed by atoms with Gasteiger partial charge in [0.1, 0.15) is 11.5 Å². The molecule has 7 nitrogen and oxygen atoms in total. The Labute approximate surface area is 164 Å². The standard InChI is InChI=1S/C20H18N2O5S/c23-20(24)15-5-3-14(4-6-15)11-22-12-16-10-17(7-8-19(16)28(25)26)27-18-2-1-9-21-13-18/h1-10,13,22H,11-12H2,(H,23,24)(H,25,26)/p-1. The maximum absolute atomic E-state index is 11.5. The summed E-state index contributed by atoms with van der Waals surface area (Å²) in [6.45, 7) is 0.757. The molecule has 0 aliphatic heterocycles. The van der Waals surface area contributed by atoms with Crippen molar-refractivity contribution >= 4 is 17.0 Å². The summed E-state index contributed by atoms with van der Waals surface area (Å²) in [6, 6.07) is 14.7. The number of pyridine rings is 1. The summed E-state index contributed by atoms with van der Waals surface area (Å²) in [5.41, 5.74) is 1.67. The van der Waals surface area contributed by atoms with Crippen LogP contribution in [0, 0.1) is 0 Å². The van der Waals surface area contributed by atoms with E-state index >= 15 is 0 Å². The Balaban J connectivity index is 1.69. The molecule has 1 heterocycles. The highest BCUT2D eigenvalue weighted by Gasteiger charge is 2.07. The molecule has 144 valence electrons. The Morgan fingerprint density at radius 2 is 1.89 bits per heavy atom. The molecule has 0 radical (unpaired) electrons. The number of ether oxygens (including phenoxy) is 1. The minimum atomic E-state index is -2.37. The molecule has 2 N–H and O–H groups in total. The van der Waals surface area contributed by atoms with E-state index in [1.165, 1.54) is 18.2 Å². The number of aromatic nitrogens is 1. The molecule has 0 saturated heterocycles. The first-order valence-corrected chi connectivity index (χ1v) is 9.43. The van der Waals surface area contributed by atoms with Crippen LogP contribution in [0.2, 0.25) is 0 Å². The quantitative estimate of drug-likeness (QED) is 0.562. The van der Waals surface area contributed by atoms with Crippen LogP contribution in [0.1, 0.15) is 21.5 Å². The number of aromatic carboxylic acids is 1. The van der Waals surface area contributed by atoms with Gasteiger partial charge in [-0.2, -0.15) is 0 Å². The molecule has 8 heteroatoms. The van der Waals surface area contributed by atoms with Crippen LogP contribution in [0.5, 0.6) is 11.5 Å². The van der Waals surface area contributed by atoms with Gasteiger partial charge in [0.25, 0.3) is 0 Å². The molecule has 28 heavy (non-hydrogen) atoms. The van der Waals surface area contributed by atoms with Gasteiger partial charge < -0.3 is 19.7 Å². The van der Waals surface area contributed by atoms with Crippen LogP contribution >= 0.6 is 0 Å². The van der Waals surface area contributed by atoms with Crippen LogP contribution in [0.15, 0.2) is 71.9 Å². The lowest BCUT2D eigenvalue weighted by molar-refractivity contribution is 0.0697. The Morgan fingerprint density at radius 3 is 2.54 bits per heavy atom. The number of nitrogens with one attached hydrogen (secondary N) is 1. The Hall–Kier alpha value is -3.07. The van der Waals surface area contributed by atoms with Crippen LogP contribution in [-0.4, -0.2) is 24.8 Å². The zero-order valence-electron chi connectivity index (χ0n) is 14.7. The maximum Gasteiger partial charge on any atom is 0.335 e. The van der Waals surface area contributed by atoms with Gasteiger partial charge in [-0.3, -0.25) is 9.19 Å². The molecule has 0 spiro atoms. The second-order valence-corrected chi connectivity index (χ2v) is 6.81. The maximum atomic E-state index is 11.5. The minimum Gasteiger partial charge on any atom is -0.768 e. The number of hydrogen-bond donors (Lipinski definition) is 2. The Kier molecular flexibility index (Phi) is 6.49. The first-order valence-electron chi connectivity index (χ1n) is 8.36. The fourth-order valence-electron chi connectivity index (χ4n) is 2.57. The topological polar surface area (TPSA) is 112 Å². The van der Waals surface area contributed by atoms with Gasteiger partial charge in [-0.25, -0.2) is 4.79 Å². The lowest BCUT2D eigenvalue weighted by Gasteiger charge is -2.15. The monoisotopic (exact) mass is 397 g/mol. The third kappa shape index (κ3) is 5.23. The van der Waals surface area contributed by atoms with Crippen LogP contribution in [0.3, 0.4) is 0 Å². The third-order valence-corrected chi connectivity index (χ3v) is 4.68. The molecule has 3 aromatic rings. The summed E-state index contributed by atoms with van der Waals surface area (Å²) in [6.07, 6.45) is 3.20. The second-order valence-electron chi connectivity index (χ2n) is 5.90. The number of nitrogens with zero attached hydrogens (tertiary/aromatic N) is 1. The molecule has 3 rings (SSSR count). The van der Waals surface area contributed by atoms with Crippen LogP contribution in [0.4, 0.5) is 0 Å². The fourth-order valence-corrected chi connectivity index (χ4v) is 3.09. The van der Waals surface area contributed by atoms with Gasteiger partial charge in [0.05, 0.1) is 11.8 Å². The SMILES string of the molecule is O=C(O)c1ccc(CNCc2cc(Oc3cccnc3)ccc2S(=O)[O-])cc1. The van der Waals surface area contributed by atoms with Crippen molar-refractivity contribution in [2.45, 2.75) is 18.0 Å². The molecule has 0 aliphatic rings. The van der Waals surface area contributed by atoms with Gasteiger partial charge in [-0.1, -0.05) is 12.1 Å². The number of carboxylic acids is 1. The number of benzene rings is 2. The van der Waals surface area contributed by atoms with E-state index in [4.69, 9.17) is 9.84 Å². The molecular formula is C20H17N2O5S-. The number of hydrogen-bond acceptors (Lipinski definition) is 6. The van der Waals surface area contributed by atoms with E-state index in [1.54, 1.807) is 48.8 Å². The average Bonchev–Trinajstić information content (AvgIpc) is 2.69. The summed E-state index contributed by atoms with van der Waals surface area (Å²) in [5.74, 6) is 0.0771. The van der Waals surface area contributed by atoms with E-state index < -0.39 is 17.0 Å². The van der Waals surface area contributed by atoms with Crippen molar-refractivity contribution in [3.8, 4) is 11.5 Å². The molecule has 2 aromatic carbocycles. The first-order chi connectivity index (χ1) is 13.5. The molecule has 1 aromatic heterocycles. The van der Waals surface area contributed by atoms with Crippen molar-refractivity contribution in [2.24, 2.45) is 0 Å². The summed E-state index contributed by atoms with van der Waals surface area (Å²) >= 11 is -2.37. The lowest BCUT2D eigenvalue weighted by atomic mass is 10.1. The predicted octanol–water partition coefficient (Wildman–Crippen LogP) is 3.10. The van der Waals surface area contributed by atoms with E-state index in [9.17, 15) is 13.6 Å². The largest absolute Gasteiger partial charge is 0.768 e. The fraction of sp³-hybridized carbons (Fsp3) is 0.100. The second kappa shape index (κ2) is 9.23. The van der Waals surface area contributed by atoms with E-state index in [-0.39, 0.29) is 10.5 Å². The van der Waals surface area contributed by atoms with Crippen LogP contribution < -0.4 is 10.1 Å². The summed E-state index contributed by atoms with van der Waals surface area (Å²) < 4.78 is 28.7. The van der Waals surface area contributed by atoms with Gasteiger partial charge >= 0.3 is 5.97 Å². The van der Waals surface area contributed by atoms with Gasteiger partial charge in [-0.15, -0.1) is 0 Å². The molecule has 0 aliphatic carbocycles. The van der Waals surface area contributed by atoms with Gasteiger partial charge in [0.2, 0.25) is 0 Å². The van der Waals surface area contributed by atoms with Crippen molar-refractivity contribution in [2.75, 3.05) is 0 Å². The van der Waals surface area contributed by atoms with Crippen molar-refractivity contribution in [3.63, 3.8) is 0 Å². The molecule has 0 saturated carbocycles. The molecule has 1 atom stereocenters. The highest BCUT2D eigenvalue weighted by molar-refractivity contribution is 7.79. The molecule has 0 fully saturated rings. The zero-order chi connectivity index (χ0) is 19.9. The van der Waals surface area contributed by atoms with Crippen molar-refractivity contribution in [1.82, 2.24) is 10.3 Å². The zero-order valence-corrected chi connectivity index (χ0v) is 15.5. The van der Waals surface area contributed by atoms with Gasteiger partial charge in [-0.05, 0) is 64.7 Å². The van der Waals surface area contributed by atoms with Crippen LogP contribution in [-0.2, 0) is 24.2 Å². The first kappa shape index (κ1) is 19.7. The van der Waals surface area contributed by atoms with Crippen molar-refractivity contribution in [3.05, 3.63) is 83.7 Å². The smallest absolute Gasteiger partial charge is 0.335 e. The molecule has 0 bridgehead atoms. The number of carbonyl (C=O) groups is 1. The number of rotatable bonds is 8. The molecular weight excluding hydrogens is 380 g/mol. The van der Waals surface area contributed by atoms with E-state index in [2.05, 4.69) is 10.3 Å². The highest BCUT2D eigenvalue weighted by Crippen LogP contribution is 2.25. The summed E-state index contributed by atoms with van der Waals surface area (Å²) in [5, 5.41) is 12.1. The molecule has 1 unspecified atom stereocenters. The predicted molar refractivity (Wildman–Crippen MR) is 102 cm³/mol. The Morgan fingerprint density at radius 1 is 1.11 bits per heavy atom. The van der Waals surface area contributed by atoms with Gasteiger partial charge in [0.15, 0.2) is 0 Å². The van der Waals surface area contributed by atoms with Gasteiger partial charge in [0, 0.05) is 24.2 Å². The summed E-state index contributed by atoms with van der Waals surface area (Å²) in [7, 11) is 0. The van der Waals surface area contributed by atoms with Crippen molar-refractivity contribution in [1.29, 1.82) is 0 Å². The number of carboxylic acid groups (broad SMARTS) is 1. The normalized spacial score (nSPS) is 11.8. The minimum absolute atomic E-state index is 0.187. The molecule has 0 amide bonds.